The van der Waals surface area contributed by atoms with Gasteiger partial charge in [-0.25, -0.2) is 0 Å². The Kier molecular flexibility index (Phi) is 8.25. The molecule has 0 amide bonds. The quantitative estimate of drug-likeness (QED) is 0.470. The van der Waals surface area contributed by atoms with Crippen molar-refractivity contribution in [3.63, 3.8) is 0 Å². The predicted molar refractivity (Wildman–Crippen MR) is 147 cm³/mol. The number of benzene rings is 2. The van der Waals surface area contributed by atoms with Crippen molar-refractivity contribution in [2.75, 3.05) is 19.6 Å². The molecule has 0 aliphatic carbocycles. The van der Waals surface area contributed by atoms with Crippen molar-refractivity contribution in [2.24, 2.45) is 5.73 Å². The molecule has 6 heteroatoms. The highest BCUT2D eigenvalue weighted by Crippen LogP contribution is 2.46. The van der Waals surface area contributed by atoms with Crippen LogP contribution in [0.15, 0.2) is 76.9 Å². The molecule has 0 saturated carbocycles. The second kappa shape index (κ2) is 11.6. The lowest BCUT2D eigenvalue weighted by Gasteiger charge is -2.38. The Hall–Kier alpha value is -3.69. The number of allylic oxidation sites excluding steroid dienone is 1. The van der Waals surface area contributed by atoms with Gasteiger partial charge in [0.2, 0.25) is 5.88 Å². The molecule has 2 aromatic rings. The van der Waals surface area contributed by atoms with Crippen LogP contribution < -0.4 is 15.2 Å². The summed E-state index contributed by atoms with van der Waals surface area (Å²) in [5.74, 6) is 2.11. The Morgan fingerprint density at radius 3 is 2.35 bits per heavy atom. The standard InChI is InChI=1S/C31H37N3O3/c1-6-15-34-18-23(16-22-11-7-9-13-27(22)35-20(2)3)30-26(19-34)29(25(17-32)31(33)37-30)24-12-8-10-14-28(24)36-21(4)5/h7-14,16,20-21,29H,6,15,18-19,33H2,1-5H3/b23-16+. The number of ether oxygens (including phenoxy) is 3. The average Bonchev–Trinajstić information content (AvgIpc) is 2.85. The van der Waals surface area contributed by atoms with Crippen molar-refractivity contribution in [3.05, 3.63) is 88.0 Å². The molecule has 194 valence electrons. The molecule has 6 nitrogen and oxygen atoms in total. The van der Waals surface area contributed by atoms with Crippen molar-refractivity contribution in [1.82, 2.24) is 4.90 Å². The zero-order valence-electron chi connectivity index (χ0n) is 22.5. The minimum absolute atomic E-state index is 0.00263. The first-order valence-corrected chi connectivity index (χ1v) is 13.1. The molecule has 1 unspecified atom stereocenters. The van der Waals surface area contributed by atoms with E-state index in [1.807, 2.05) is 70.2 Å². The van der Waals surface area contributed by atoms with E-state index in [9.17, 15) is 5.26 Å². The van der Waals surface area contributed by atoms with Crippen LogP contribution in [0.1, 0.15) is 58.1 Å². The van der Waals surface area contributed by atoms with E-state index >= 15 is 0 Å². The van der Waals surface area contributed by atoms with E-state index in [0.717, 1.165) is 52.5 Å². The van der Waals surface area contributed by atoms with Crippen LogP contribution in [-0.4, -0.2) is 36.7 Å². The van der Waals surface area contributed by atoms with E-state index in [0.29, 0.717) is 18.7 Å². The van der Waals surface area contributed by atoms with Gasteiger partial charge in [-0.15, -0.1) is 0 Å². The van der Waals surface area contributed by atoms with Gasteiger partial charge in [0, 0.05) is 29.8 Å². The largest absolute Gasteiger partial charge is 0.491 e. The molecule has 2 aliphatic rings. The predicted octanol–water partition coefficient (Wildman–Crippen LogP) is 6.13. The van der Waals surface area contributed by atoms with Crippen LogP contribution in [0, 0.1) is 11.3 Å². The van der Waals surface area contributed by atoms with Crippen molar-refractivity contribution in [3.8, 4) is 17.6 Å². The Morgan fingerprint density at radius 1 is 1.03 bits per heavy atom. The summed E-state index contributed by atoms with van der Waals surface area (Å²) in [5.41, 5.74) is 10.8. The highest BCUT2D eigenvalue weighted by Gasteiger charge is 2.39. The van der Waals surface area contributed by atoms with E-state index in [4.69, 9.17) is 19.9 Å². The smallest absolute Gasteiger partial charge is 0.205 e. The molecular formula is C31H37N3O3. The average molecular weight is 500 g/mol. The molecular weight excluding hydrogens is 462 g/mol. The van der Waals surface area contributed by atoms with Gasteiger partial charge >= 0.3 is 0 Å². The fourth-order valence-electron chi connectivity index (χ4n) is 5.00. The summed E-state index contributed by atoms with van der Waals surface area (Å²) in [6, 6.07) is 18.3. The molecule has 2 heterocycles. The molecule has 0 bridgehead atoms. The van der Waals surface area contributed by atoms with Crippen LogP contribution in [0.4, 0.5) is 0 Å². The molecule has 0 spiro atoms. The van der Waals surface area contributed by atoms with Crippen LogP contribution in [0.25, 0.3) is 6.08 Å². The minimum atomic E-state index is -0.353. The van der Waals surface area contributed by atoms with Gasteiger partial charge in [-0.2, -0.15) is 5.26 Å². The van der Waals surface area contributed by atoms with Gasteiger partial charge < -0.3 is 19.9 Å². The topological polar surface area (TPSA) is 80.7 Å². The van der Waals surface area contributed by atoms with Crippen molar-refractivity contribution in [2.45, 2.75) is 59.2 Å². The van der Waals surface area contributed by atoms with Crippen molar-refractivity contribution in [1.29, 1.82) is 5.26 Å². The molecule has 2 N–H and O–H groups in total. The van der Waals surface area contributed by atoms with Crippen LogP contribution in [-0.2, 0) is 4.74 Å². The van der Waals surface area contributed by atoms with E-state index in [1.54, 1.807) is 0 Å². The Bertz CT molecular complexity index is 1270. The van der Waals surface area contributed by atoms with Crippen molar-refractivity contribution >= 4 is 6.08 Å². The summed E-state index contributed by atoms with van der Waals surface area (Å²) in [4.78, 5) is 2.40. The number of hydrogen-bond donors (Lipinski definition) is 1. The Balaban J connectivity index is 1.90. The van der Waals surface area contributed by atoms with Gasteiger partial charge in [0.15, 0.2) is 0 Å². The summed E-state index contributed by atoms with van der Waals surface area (Å²) in [6.07, 6.45) is 3.21. The molecule has 0 aromatic heterocycles. The number of nitrogens with zero attached hydrogens (tertiary/aromatic N) is 2. The normalized spacial score (nSPS) is 19.2. The second-order valence-electron chi connectivity index (χ2n) is 10.1. The minimum Gasteiger partial charge on any atom is -0.491 e. The number of hydrogen-bond acceptors (Lipinski definition) is 6. The third kappa shape index (κ3) is 5.84. The lowest BCUT2D eigenvalue weighted by Crippen LogP contribution is -2.38. The number of para-hydroxylation sites is 2. The molecule has 4 rings (SSSR count). The Labute approximate surface area is 220 Å². The maximum Gasteiger partial charge on any atom is 0.205 e. The lowest BCUT2D eigenvalue weighted by atomic mass is 9.79. The molecule has 1 atom stereocenters. The first-order chi connectivity index (χ1) is 17.8. The lowest BCUT2D eigenvalue weighted by molar-refractivity contribution is 0.227. The van der Waals surface area contributed by atoms with E-state index < -0.39 is 0 Å². The van der Waals surface area contributed by atoms with Gasteiger partial charge in [-0.1, -0.05) is 43.3 Å². The number of nitrogens with two attached hydrogens (primary N) is 1. The fraction of sp³-hybridized carbons (Fsp3) is 0.387. The summed E-state index contributed by atoms with van der Waals surface area (Å²) < 4.78 is 18.5. The molecule has 2 aromatic carbocycles. The van der Waals surface area contributed by atoms with Crippen LogP contribution in [0.2, 0.25) is 0 Å². The van der Waals surface area contributed by atoms with Crippen molar-refractivity contribution < 1.29 is 14.2 Å². The maximum atomic E-state index is 10.2. The number of nitriles is 1. The van der Waals surface area contributed by atoms with Gasteiger partial charge in [0.25, 0.3) is 0 Å². The van der Waals surface area contributed by atoms with Gasteiger partial charge in [0.1, 0.15) is 28.9 Å². The summed E-state index contributed by atoms with van der Waals surface area (Å²) in [7, 11) is 0. The summed E-state index contributed by atoms with van der Waals surface area (Å²) >= 11 is 0. The third-order valence-electron chi connectivity index (χ3n) is 6.35. The zero-order valence-corrected chi connectivity index (χ0v) is 22.5. The van der Waals surface area contributed by atoms with Crippen LogP contribution >= 0.6 is 0 Å². The highest BCUT2D eigenvalue weighted by atomic mass is 16.5. The number of rotatable bonds is 8. The Morgan fingerprint density at radius 2 is 1.68 bits per heavy atom. The summed E-state index contributed by atoms with van der Waals surface area (Å²) in [6.45, 7) is 12.6. The van der Waals surface area contributed by atoms with Crippen LogP contribution in [0.3, 0.4) is 0 Å². The monoisotopic (exact) mass is 499 g/mol. The van der Waals surface area contributed by atoms with E-state index in [-0.39, 0.29) is 24.0 Å². The molecule has 0 fully saturated rings. The molecule has 0 saturated heterocycles. The molecule has 37 heavy (non-hydrogen) atoms. The highest BCUT2D eigenvalue weighted by molar-refractivity contribution is 5.67. The summed E-state index contributed by atoms with van der Waals surface area (Å²) in [5, 5.41) is 10.2. The first-order valence-electron chi connectivity index (χ1n) is 13.1. The fourth-order valence-corrected chi connectivity index (χ4v) is 5.00. The zero-order chi connectivity index (χ0) is 26.5. The maximum absolute atomic E-state index is 10.2. The van der Waals surface area contributed by atoms with E-state index in [2.05, 4.69) is 30.0 Å². The van der Waals surface area contributed by atoms with Gasteiger partial charge in [-0.3, -0.25) is 4.90 Å². The second-order valence-corrected chi connectivity index (χ2v) is 10.1. The molecule has 2 aliphatic heterocycles. The SMILES string of the molecule is CCCN1CC2=C(OC(N)=C(C#N)C2c2ccccc2OC(C)C)/C(=C/c2ccccc2OC(C)C)C1. The van der Waals surface area contributed by atoms with Gasteiger partial charge in [0.05, 0.1) is 18.1 Å². The molecule has 0 radical (unpaired) electrons. The van der Waals surface area contributed by atoms with E-state index in [1.165, 1.54) is 0 Å². The first kappa shape index (κ1) is 26.4. The third-order valence-corrected chi connectivity index (χ3v) is 6.35. The van der Waals surface area contributed by atoms with Gasteiger partial charge in [-0.05, 0) is 64.4 Å². The van der Waals surface area contributed by atoms with Crippen LogP contribution in [0.5, 0.6) is 11.5 Å².